The third-order valence-corrected chi connectivity index (χ3v) is 5.70. The van der Waals surface area contributed by atoms with E-state index in [1.807, 2.05) is 36.4 Å². The molecule has 0 fully saturated rings. The lowest BCUT2D eigenvalue weighted by Gasteiger charge is -2.28. The fraction of sp³-hybridized carbons (Fsp3) is 0.120. The predicted molar refractivity (Wildman–Crippen MR) is 119 cm³/mol. The molecule has 1 aliphatic rings. The lowest BCUT2D eigenvalue weighted by molar-refractivity contribution is 0.407. The highest BCUT2D eigenvalue weighted by Gasteiger charge is 2.30. The van der Waals surface area contributed by atoms with Gasteiger partial charge in [0.15, 0.2) is 0 Å². The Bertz CT molecular complexity index is 1360. The molecule has 5 rings (SSSR count). The Kier molecular flexibility index (Phi) is 4.76. The third-order valence-electron chi connectivity index (χ3n) is 5.70. The Morgan fingerprint density at radius 2 is 1.35 bits per heavy atom. The fourth-order valence-corrected chi connectivity index (χ4v) is 4.24. The molecule has 0 bridgehead atoms. The van der Waals surface area contributed by atoms with Crippen molar-refractivity contribution < 1.29 is 5.11 Å². The van der Waals surface area contributed by atoms with Gasteiger partial charge in [0.2, 0.25) is 5.88 Å². The van der Waals surface area contributed by atoms with Crippen LogP contribution in [0.25, 0.3) is 11.4 Å². The first-order valence-electron chi connectivity index (χ1n) is 10.2. The van der Waals surface area contributed by atoms with Crippen molar-refractivity contribution in [2.45, 2.75) is 12.5 Å². The molecule has 6 nitrogen and oxygen atoms in total. The van der Waals surface area contributed by atoms with Gasteiger partial charge in [0.05, 0.1) is 23.0 Å². The summed E-state index contributed by atoms with van der Waals surface area (Å²) in [5.74, 6) is -0.345. The van der Waals surface area contributed by atoms with Crippen molar-refractivity contribution in [3.8, 4) is 17.3 Å². The maximum absolute atomic E-state index is 13.7. The molecule has 4 aromatic rings. The van der Waals surface area contributed by atoms with Crippen LogP contribution in [0.15, 0.2) is 94.5 Å². The molecule has 0 amide bonds. The second-order valence-corrected chi connectivity index (χ2v) is 7.50. The smallest absolute Gasteiger partial charge is 0.343 e. The fourth-order valence-electron chi connectivity index (χ4n) is 4.24. The monoisotopic (exact) mass is 411 g/mol. The summed E-state index contributed by atoms with van der Waals surface area (Å²) in [6, 6.07) is 25.0. The number of para-hydroxylation sites is 2. The van der Waals surface area contributed by atoms with Crippen LogP contribution >= 0.6 is 0 Å². The van der Waals surface area contributed by atoms with Crippen LogP contribution in [0.1, 0.15) is 22.7 Å². The number of hydrogen-bond donors (Lipinski definition) is 2. The number of benzene rings is 3. The molecule has 0 saturated carbocycles. The summed E-state index contributed by atoms with van der Waals surface area (Å²) in [5, 5.41) is 14.6. The zero-order valence-corrected chi connectivity index (χ0v) is 16.7. The first kappa shape index (κ1) is 19.1. The molecule has 2 heterocycles. The second kappa shape index (κ2) is 7.74. The van der Waals surface area contributed by atoms with Crippen LogP contribution in [0.5, 0.6) is 5.88 Å². The standard InChI is InChI=1S/C25H21N3O3/c29-23-21(22-20-14-8-7-9-17(20)15-16-26-22)24(30)28(19-12-5-2-6-13-19)25(31)27(23)18-10-3-1-4-11-18/h1-14,22,26,29H,15-16H2/t22-/m1/s1. The minimum atomic E-state index is -0.618. The lowest BCUT2D eigenvalue weighted by atomic mass is 9.90. The van der Waals surface area contributed by atoms with Crippen molar-refractivity contribution in [3.63, 3.8) is 0 Å². The third kappa shape index (κ3) is 3.17. The molecule has 1 aliphatic heterocycles. The van der Waals surface area contributed by atoms with Gasteiger partial charge in [-0.3, -0.25) is 4.79 Å². The Morgan fingerprint density at radius 3 is 2.03 bits per heavy atom. The van der Waals surface area contributed by atoms with Gasteiger partial charge in [0.25, 0.3) is 5.56 Å². The largest absolute Gasteiger partial charge is 0.494 e. The van der Waals surface area contributed by atoms with E-state index in [1.165, 1.54) is 4.57 Å². The van der Waals surface area contributed by atoms with Gasteiger partial charge in [0.1, 0.15) is 0 Å². The van der Waals surface area contributed by atoms with Crippen LogP contribution in [0.2, 0.25) is 0 Å². The highest BCUT2D eigenvalue weighted by atomic mass is 16.3. The number of rotatable bonds is 3. The molecular formula is C25H21N3O3. The summed E-state index contributed by atoms with van der Waals surface area (Å²) in [6.07, 6.45) is 0.832. The van der Waals surface area contributed by atoms with Gasteiger partial charge < -0.3 is 10.4 Å². The van der Waals surface area contributed by atoms with E-state index in [4.69, 9.17) is 0 Å². The van der Waals surface area contributed by atoms with Crippen LogP contribution in [0, 0.1) is 0 Å². The summed E-state index contributed by atoms with van der Waals surface area (Å²) in [7, 11) is 0. The van der Waals surface area contributed by atoms with Crippen LogP contribution < -0.4 is 16.6 Å². The summed E-state index contributed by atoms with van der Waals surface area (Å²) < 4.78 is 2.32. The van der Waals surface area contributed by atoms with E-state index in [0.717, 1.165) is 22.1 Å². The minimum absolute atomic E-state index is 0.152. The highest BCUT2D eigenvalue weighted by Crippen LogP contribution is 2.32. The molecule has 3 aromatic carbocycles. The Morgan fingerprint density at radius 1 is 0.774 bits per heavy atom. The van der Waals surface area contributed by atoms with Crippen LogP contribution in [-0.4, -0.2) is 20.8 Å². The number of hydrogen-bond acceptors (Lipinski definition) is 4. The molecule has 154 valence electrons. The topological polar surface area (TPSA) is 76.3 Å². The molecular weight excluding hydrogens is 390 g/mol. The van der Waals surface area contributed by atoms with Gasteiger partial charge in [-0.2, -0.15) is 0 Å². The van der Waals surface area contributed by atoms with E-state index >= 15 is 0 Å². The van der Waals surface area contributed by atoms with E-state index in [2.05, 4.69) is 5.32 Å². The minimum Gasteiger partial charge on any atom is -0.494 e. The van der Waals surface area contributed by atoms with E-state index in [1.54, 1.807) is 48.5 Å². The summed E-state index contributed by atoms with van der Waals surface area (Å²) in [4.78, 5) is 27.1. The summed E-state index contributed by atoms with van der Waals surface area (Å²) >= 11 is 0. The van der Waals surface area contributed by atoms with Crippen LogP contribution in [-0.2, 0) is 6.42 Å². The molecule has 1 aromatic heterocycles. The zero-order valence-electron chi connectivity index (χ0n) is 16.7. The quantitative estimate of drug-likeness (QED) is 0.544. The average Bonchev–Trinajstić information content (AvgIpc) is 2.81. The normalized spacial score (nSPS) is 15.4. The van der Waals surface area contributed by atoms with Crippen LogP contribution in [0.4, 0.5) is 0 Å². The molecule has 6 heteroatoms. The first-order chi connectivity index (χ1) is 15.2. The molecule has 0 saturated heterocycles. The number of fused-ring (bicyclic) bond motifs is 1. The number of nitrogens with zero attached hydrogens (tertiary/aromatic N) is 2. The van der Waals surface area contributed by atoms with Crippen molar-refractivity contribution in [1.29, 1.82) is 0 Å². The first-order valence-corrected chi connectivity index (χ1v) is 10.2. The Labute approximate surface area is 178 Å². The maximum Gasteiger partial charge on any atom is 0.343 e. The van der Waals surface area contributed by atoms with Gasteiger partial charge in [0, 0.05) is 6.54 Å². The van der Waals surface area contributed by atoms with Gasteiger partial charge >= 0.3 is 5.69 Å². The number of nitrogens with one attached hydrogen (secondary N) is 1. The maximum atomic E-state index is 13.7. The van der Waals surface area contributed by atoms with Crippen molar-refractivity contribution >= 4 is 0 Å². The molecule has 1 atom stereocenters. The van der Waals surface area contributed by atoms with E-state index < -0.39 is 17.3 Å². The lowest BCUT2D eigenvalue weighted by Crippen LogP contribution is -2.43. The van der Waals surface area contributed by atoms with E-state index in [0.29, 0.717) is 17.9 Å². The van der Waals surface area contributed by atoms with Gasteiger partial charge in [-0.15, -0.1) is 0 Å². The average molecular weight is 411 g/mol. The Hall–Kier alpha value is -3.90. The summed E-state index contributed by atoms with van der Waals surface area (Å²) in [5.41, 5.74) is 1.99. The molecule has 31 heavy (non-hydrogen) atoms. The number of aromatic hydroxyl groups is 1. The SMILES string of the molecule is O=c1c([C@@H]2NCCc3ccccc32)c(O)n(-c2ccccc2)c(=O)n1-c1ccccc1. The number of aromatic nitrogens is 2. The summed E-state index contributed by atoms with van der Waals surface area (Å²) in [6.45, 7) is 0.663. The van der Waals surface area contributed by atoms with Gasteiger partial charge in [-0.05, 0) is 41.8 Å². The molecule has 0 unspecified atom stereocenters. The molecule has 0 spiro atoms. The van der Waals surface area contributed by atoms with Crippen LogP contribution in [0.3, 0.4) is 0 Å². The molecule has 0 radical (unpaired) electrons. The second-order valence-electron chi connectivity index (χ2n) is 7.50. The van der Waals surface area contributed by atoms with Crippen molar-refractivity contribution in [2.24, 2.45) is 0 Å². The molecule has 0 aliphatic carbocycles. The van der Waals surface area contributed by atoms with E-state index in [9.17, 15) is 14.7 Å². The predicted octanol–water partition coefficient (Wildman–Crippen LogP) is 2.93. The van der Waals surface area contributed by atoms with Gasteiger partial charge in [-0.1, -0.05) is 60.7 Å². The molecule has 2 N–H and O–H groups in total. The van der Waals surface area contributed by atoms with E-state index in [-0.39, 0.29) is 11.4 Å². The van der Waals surface area contributed by atoms with Crippen molar-refractivity contribution in [3.05, 3.63) is 122 Å². The van der Waals surface area contributed by atoms with Crippen molar-refractivity contribution in [2.75, 3.05) is 6.54 Å². The zero-order chi connectivity index (χ0) is 21.4. The van der Waals surface area contributed by atoms with Crippen molar-refractivity contribution in [1.82, 2.24) is 14.5 Å². The highest BCUT2D eigenvalue weighted by molar-refractivity contribution is 5.47. The van der Waals surface area contributed by atoms with Gasteiger partial charge in [-0.25, -0.2) is 13.9 Å². The Balaban J connectivity index is 1.86.